The normalized spacial score (nSPS) is 20.6. The van der Waals surface area contributed by atoms with Crippen molar-refractivity contribution in [2.45, 2.75) is 43.9 Å². The fourth-order valence-corrected chi connectivity index (χ4v) is 5.30. The molecule has 3 N–H and O–H groups in total. The number of Topliss-reactive ketones (excluding diaryl/α,β-unsaturated/α-hetero) is 1. The van der Waals surface area contributed by atoms with Crippen molar-refractivity contribution in [3.8, 4) is 0 Å². The van der Waals surface area contributed by atoms with Gasteiger partial charge in [0.25, 0.3) is 5.91 Å². The van der Waals surface area contributed by atoms with Crippen LogP contribution in [0.25, 0.3) is 0 Å². The molecule has 0 saturated heterocycles. The summed E-state index contributed by atoms with van der Waals surface area (Å²) in [6, 6.07) is 19.6. The summed E-state index contributed by atoms with van der Waals surface area (Å²) in [5, 5.41) is 11.2. The van der Waals surface area contributed by atoms with Crippen LogP contribution in [-0.2, 0) is 16.0 Å². The number of para-hydroxylation sites is 1. The minimum Gasteiger partial charge on any atom is -0.392 e. The van der Waals surface area contributed by atoms with E-state index in [9.17, 15) is 23.5 Å². The number of hydrogen-bond donors (Lipinski definition) is 2. The minimum absolute atomic E-state index is 0.0710. The fourth-order valence-electron chi connectivity index (χ4n) is 5.30. The molecule has 0 unspecified atom stereocenters. The van der Waals surface area contributed by atoms with Crippen molar-refractivity contribution in [1.29, 1.82) is 0 Å². The number of rotatable bonds is 9. The zero-order valence-electron chi connectivity index (χ0n) is 21.7. The predicted octanol–water partition coefficient (Wildman–Crippen LogP) is 4.41. The molecule has 3 atom stereocenters. The third kappa shape index (κ3) is 5.53. The molecule has 1 heterocycles. The van der Waals surface area contributed by atoms with E-state index in [1.807, 2.05) is 42.5 Å². The number of halogens is 2. The number of aliphatic hydroxyl groups is 1. The van der Waals surface area contributed by atoms with Crippen LogP contribution in [0.15, 0.2) is 77.8 Å². The largest absolute Gasteiger partial charge is 0.392 e. The highest BCUT2D eigenvalue weighted by molar-refractivity contribution is 6.26. The molecule has 3 aromatic carbocycles. The topological polar surface area (TPSA) is 96.0 Å². The van der Waals surface area contributed by atoms with E-state index in [0.29, 0.717) is 34.5 Å². The summed E-state index contributed by atoms with van der Waals surface area (Å²) in [6.45, 7) is 0. The lowest BCUT2D eigenvalue weighted by atomic mass is 9.82. The number of nitrogens with zero attached hydrogens (tertiary/aromatic N) is 2. The van der Waals surface area contributed by atoms with Crippen LogP contribution in [-0.4, -0.2) is 41.3 Å². The van der Waals surface area contributed by atoms with Gasteiger partial charge in [0.1, 0.15) is 11.6 Å². The van der Waals surface area contributed by atoms with Crippen LogP contribution in [0.4, 0.5) is 14.5 Å². The molecular formula is C31H31F2N3O3. The van der Waals surface area contributed by atoms with Gasteiger partial charge in [-0.15, -0.1) is 0 Å². The zero-order valence-corrected chi connectivity index (χ0v) is 21.7. The van der Waals surface area contributed by atoms with E-state index in [2.05, 4.69) is 4.99 Å². The Hall–Kier alpha value is -3.75. The monoisotopic (exact) mass is 531 g/mol. The molecule has 3 aromatic rings. The van der Waals surface area contributed by atoms with Crippen LogP contribution < -0.4 is 10.6 Å². The molecule has 1 saturated carbocycles. The van der Waals surface area contributed by atoms with Crippen molar-refractivity contribution in [2.24, 2.45) is 22.6 Å². The number of aryl methyl sites for hydroxylation is 1. The molecule has 0 radical (unpaired) electrons. The summed E-state index contributed by atoms with van der Waals surface area (Å²) in [4.78, 5) is 34.1. The summed E-state index contributed by atoms with van der Waals surface area (Å²) in [5.74, 6) is -3.50. The van der Waals surface area contributed by atoms with Gasteiger partial charge in [0, 0.05) is 30.2 Å². The molecule has 1 aliphatic carbocycles. The molecule has 0 bridgehead atoms. The average molecular weight is 532 g/mol. The number of amides is 1. The average Bonchev–Trinajstić information content (AvgIpc) is 3.76. The number of nitrogens with two attached hydrogens (primary N) is 1. The molecule has 6 nitrogen and oxygen atoms in total. The van der Waals surface area contributed by atoms with E-state index >= 15 is 0 Å². The first-order chi connectivity index (χ1) is 18.7. The molecule has 2 aliphatic rings. The fraction of sp³-hybridized carbons (Fsp3) is 0.323. The Kier molecular flexibility index (Phi) is 7.42. The standard InChI is InChI=1S/C31H31F2N3O3/c1-36-26-10-6-5-9-24(26)28(21-7-3-2-4-8-21)35-31(34,30(36)39)29(38)25(17-19-11-12-19)27(37)14-13-20-15-22(32)18-23(33)16-20/h2-10,15-16,18-19,25,27,37H,11-14,17,34H2,1H3/t25-,27+,31+/m1/s1. The Morgan fingerprint density at radius 3 is 2.38 bits per heavy atom. The van der Waals surface area contributed by atoms with Gasteiger partial charge in [-0.2, -0.15) is 0 Å². The highest BCUT2D eigenvalue weighted by Gasteiger charge is 2.51. The van der Waals surface area contributed by atoms with E-state index in [-0.39, 0.29) is 18.8 Å². The number of benzodiazepines with no additional fused rings is 1. The lowest BCUT2D eigenvalue weighted by Gasteiger charge is -2.32. The van der Waals surface area contributed by atoms with Gasteiger partial charge in [0.2, 0.25) is 5.66 Å². The Morgan fingerprint density at radius 2 is 1.72 bits per heavy atom. The van der Waals surface area contributed by atoms with Crippen molar-refractivity contribution in [3.63, 3.8) is 0 Å². The first-order valence-electron chi connectivity index (χ1n) is 13.2. The zero-order chi connectivity index (χ0) is 27.7. The van der Waals surface area contributed by atoms with Gasteiger partial charge >= 0.3 is 0 Å². The van der Waals surface area contributed by atoms with Crippen molar-refractivity contribution < 1.29 is 23.5 Å². The first kappa shape index (κ1) is 26.8. The van der Waals surface area contributed by atoms with Gasteiger partial charge in [-0.25, -0.2) is 13.8 Å². The number of carbonyl (C=O) groups is 2. The number of ketones is 1. The minimum atomic E-state index is -2.27. The number of aliphatic hydroxyl groups excluding tert-OH is 1. The first-order valence-corrected chi connectivity index (χ1v) is 13.2. The Labute approximate surface area is 226 Å². The number of carbonyl (C=O) groups excluding carboxylic acids is 2. The van der Waals surface area contributed by atoms with Crippen LogP contribution in [0, 0.1) is 23.5 Å². The van der Waals surface area contributed by atoms with Crippen LogP contribution in [0.3, 0.4) is 0 Å². The Bertz CT molecular complexity index is 1400. The molecule has 1 aliphatic heterocycles. The van der Waals surface area contributed by atoms with Crippen molar-refractivity contribution in [1.82, 2.24) is 0 Å². The number of hydrogen-bond acceptors (Lipinski definition) is 5. The second kappa shape index (κ2) is 10.8. The SMILES string of the molecule is CN1C(=O)[C@](N)(C(=O)[C@H](CC2CC2)[C@@H](O)CCc2cc(F)cc(F)c2)N=C(c2ccccc2)c2ccccc21. The number of benzene rings is 3. The summed E-state index contributed by atoms with van der Waals surface area (Å²) in [6.07, 6.45) is 1.24. The molecule has 0 aromatic heterocycles. The molecule has 0 spiro atoms. The molecule has 202 valence electrons. The maximum absolute atomic E-state index is 14.2. The maximum atomic E-state index is 14.2. The molecule has 8 heteroatoms. The molecule has 5 rings (SSSR count). The van der Waals surface area contributed by atoms with Crippen molar-refractivity contribution in [3.05, 3.63) is 101 Å². The van der Waals surface area contributed by atoms with Crippen molar-refractivity contribution >= 4 is 23.1 Å². The lowest BCUT2D eigenvalue weighted by molar-refractivity contribution is -0.139. The summed E-state index contributed by atoms with van der Waals surface area (Å²) in [7, 11) is 1.56. The number of likely N-dealkylation sites (N-methyl/N-ethyl adjacent to an activating group) is 1. The van der Waals surface area contributed by atoms with E-state index in [1.54, 1.807) is 19.2 Å². The number of aliphatic imine (C=N–C) groups is 1. The van der Waals surface area contributed by atoms with Crippen LogP contribution in [0.2, 0.25) is 0 Å². The van der Waals surface area contributed by atoms with Gasteiger partial charge in [0.15, 0.2) is 5.78 Å². The summed E-state index contributed by atoms with van der Waals surface area (Å²) < 4.78 is 27.4. The van der Waals surface area contributed by atoms with Gasteiger partial charge in [0.05, 0.1) is 17.5 Å². The highest BCUT2D eigenvalue weighted by atomic mass is 19.1. The summed E-state index contributed by atoms with van der Waals surface area (Å²) >= 11 is 0. The second-order valence-corrected chi connectivity index (χ2v) is 10.5. The third-order valence-corrected chi connectivity index (χ3v) is 7.60. The number of anilines is 1. The molecule has 39 heavy (non-hydrogen) atoms. The Balaban J connectivity index is 1.52. The van der Waals surface area contributed by atoms with Crippen LogP contribution >= 0.6 is 0 Å². The van der Waals surface area contributed by atoms with Crippen LogP contribution in [0.1, 0.15) is 42.4 Å². The molecule has 1 fully saturated rings. The van der Waals surface area contributed by atoms with Gasteiger partial charge < -0.3 is 10.0 Å². The predicted molar refractivity (Wildman–Crippen MR) is 145 cm³/mol. The lowest BCUT2D eigenvalue weighted by Crippen LogP contribution is -2.61. The molecule has 1 amide bonds. The second-order valence-electron chi connectivity index (χ2n) is 10.5. The van der Waals surface area contributed by atoms with E-state index in [0.717, 1.165) is 18.9 Å². The van der Waals surface area contributed by atoms with E-state index in [4.69, 9.17) is 5.73 Å². The van der Waals surface area contributed by atoms with Gasteiger partial charge in [-0.1, -0.05) is 61.4 Å². The quantitative estimate of drug-likeness (QED) is 0.400. The third-order valence-electron chi connectivity index (χ3n) is 7.60. The van der Waals surface area contributed by atoms with Gasteiger partial charge in [-0.3, -0.25) is 15.3 Å². The smallest absolute Gasteiger partial charge is 0.277 e. The molecular weight excluding hydrogens is 500 g/mol. The van der Waals surface area contributed by atoms with Crippen molar-refractivity contribution in [2.75, 3.05) is 11.9 Å². The van der Waals surface area contributed by atoms with Gasteiger partial charge in [-0.05, 0) is 48.9 Å². The maximum Gasteiger partial charge on any atom is 0.277 e. The Morgan fingerprint density at radius 1 is 1.08 bits per heavy atom. The van der Waals surface area contributed by atoms with Crippen LogP contribution in [0.5, 0.6) is 0 Å². The number of fused-ring (bicyclic) bond motifs is 1. The van der Waals surface area contributed by atoms with E-state index < -0.39 is 41.0 Å². The van der Waals surface area contributed by atoms with E-state index in [1.165, 1.54) is 17.0 Å². The summed E-state index contributed by atoms with van der Waals surface area (Å²) in [5.41, 5.74) is 7.12. The highest BCUT2D eigenvalue weighted by Crippen LogP contribution is 2.39.